The van der Waals surface area contributed by atoms with Gasteiger partial charge >= 0.3 is 12.1 Å². The first-order valence-electron chi connectivity index (χ1n) is 9.66. The standard InChI is InChI=1S/C21H21F4N3O3/c1-26-12-6-8-16(27-10-12)13-3-2-4-14(18(13)20(30)31)19(29)28-17-7-5-11(9-15(17)22)21(23,24)25/h5-10,13-14,18,26H,2-4H2,1H3,(H,28,29)(H,30,31)/t13-,14-,18-/m1/s1. The highest BCUT2D eigenvalue weighted by Gasteiger charge is 2.43. The molecule has 1 aromatic carbocycles. The van der Waals surface area contributed by atoms with Crippen LogP contribution in [0.1, 0.15) is 36.4 Å². The SMILES string of the molecule is CNc1ccc([C@H]2CCC[C@@H](C(=O)Nc3ccc(C(F)(F)F)cc3F)[C@@H]2C(=O)O)nc1. The number of nitrogens with zero attached hydrogens (tertiary/aromatic N) is 1. The molecular formula is C21H21F4N3O3. The predicted octanol–water partition coefficient (Wildman–Crippen LogP) is 4.50. The van der Waals surface area contributed by atoms with E-state index in [-0.39, 0.29) is 6.42 Å². The van der Waals surface area contributed by atoms with Gasteiger partial charge in [-0.2, -0.15) is 13.2 Å². The summed E-state index contributed by atoms with van der Waals surface area (Å²) in [5.41, 5.74) is -0.330. The second-order valence-electron chi connectivity index (χ2n) is 7.41. The zero-order valence-corrected chi connectivity index (χ0v) is 16.5. The third-order valence-electron chi connectivity index (χ3n) is 5.53. The number of hydrogen-bond acceptors (Lipinski definition) is 4. The number of pyridine rings is 1. The number of carbonyl (C=O) groups is 2. The Labute approximate surface area is 175 Å². The molecule has 0 aliphatic heterocycles. The maximum absolute atomic E-state index is 14.1. The molecule has 1 aliphatic carbocycles. The molecule has 3 rings (SSSR count). The van der Waals surface area contributed by atoms with Crippen LogP contribution in [-0.4, -0.2) is 29.0 Å². The smallest absolute Gasteiger partial charge is 0.416 e. The number of aromatic nitrogens is 1. The van der Waals surface area contributed by atoms with Crippen molar-refractivity contribution in [2.75, 3.05) is 17.7 Å². The van der Waals surface area contributed by atoms with Gasteiger partial charge in [0.15, 0.2) is 0 Å². The van der Waals surface area contributed by atoms with E-state index in [9.17, 15) is 32.3 Å². The average Bonchev–Trinajstić information content (AvgIpc) is 2.73. The van der Waals surface area contributed by atoms with E-state index in [4.69, 9.17) is 0 Å². The molecule has 1 saturated carbocycles. The Morgan fingerprint density at radius 2 is 1.90 bits per heavy atom. The van der Waals surface area contributed by atoms with Crippen LogP contribution in [0.15, 0.2) is 36.5 Å². The van der Waals surface area contributed by atoms with Gasteiger partial charge in [0.05, 0.1) is 35.0 Å². The third kappa shape index (κ3) is 4.95. The van der Waals surface area contributed by atoms with Gasteiger partial charge < -0.3 is 15.7 Å². The van der Waals surface area contributed by atoms with Gasteiger partial charge in [0, 0.05) is 18.7 Å². The lowest BCUT2D eigenvalue weighted by atomic mass is 9.70. The van der Waals surface area contributed by atoms with Crippen LogP contribution >= 0.6 is 0 Å². The lowest BCUT2D eigenvalue weighted by molar-refractivity contribution is -0.149. The number of carboxylic acids is 1. The van der Waals surface area contributed by atoms with E-state index < -0.39 is 52.9 Å². The Balaban J connectivity index is 1.83. The summed E-state index contributed by atoms with van der Waals surface area (Å²) >= 11 is 0. The zero-order valence-electron chi connectivity index (χ0n) is 16.5. The van der Waals surface area contributed by atoms with Gasteiger partial charge in [-0.25, -0.2) is 4.39 Å². The highest BCUT2D eigenvalue weighted by Crippen LogP contribution is 2.42. The Morgan fingerprint density at radius 3 is 2.45 bits per heavy atom. The van der Waals surface area contributed by atoms with Gasteiger partial charge in [-0.15, -0.1) is 0 Å². The van der Waals surface area contributed by atoms with E-state index in [2.05, 4.69) is 15.6 Å². The monoisotopic (exact) mass is 439 g/mol. The molecule has 1 fully saturated rings. The van der Waals surface area contributed by atoms with E-state index in [0.717, 1.165) is 11.8 Å². The molecule has 6 nitrogen and oxygen atoms in total. The molecule has 1 aliphatic rings. The summed E-state index contributed by atoms with van der Waals surface area (Å²) in [6.45, 7) is 0. The van der Waals surface area contributed by atoms with Gasteiger partial charge in [0.1, 0.15) is 5.82 Å². The van der Waals surface area contributed by atoms with Crippen LogP contribution in [0.2, 0.25) is 0 Å². The average molecular weight is 439 g/mol. The van der Waals surface area contributed by atoms with Crippen molar-refractivity contribution in [2.24, 2.45) is 11.8 Å². The second kappa shape index (κ2) is 8.91. The summed E-state index contributed by atoms with van der Waals surface area (Å²) in [7, 11) is 1.72. The van der Waals surface area contributed by atoms with Crippen molar-refractivity contribution >= 4 is 23.3 Å². The molecule has 3 atom stereocenters. The van der Waals surface area contributed by atoms with E-state index in [0.29, 0.717) is 30.7 Å². The van der Waals surface area contributed by atoms with Gasteiger partial charge in [0.2, 0.25) is 5.91 Å². The van der Waals surface area contributed by atoms with Crippen LogP contribution in [-0.2, 0) is 15.8 Å². The number of halogens is 4. The van der Waals surface area contributed by atoms with Crippen molar-refractivity contribution < 1.29 is 32.3 Å². The topological polar surface area (TPSA) is 91.3 Å². The normalized spacial score (nSPS) is 21.4. The van der Waals surface area contributed by atoms with Crippen molar-refractivity contribution in [3.63, 3.8) is 0 Å². The maximum atomic E-state index is 14.1. The summed E-state index contributed by atoms with van der Waals surface area (Å²) in [6.07, 6.45) is -1.82. The number of alkyl halides is 3. The molecule has 1 aromatic heterocycles. The molecule has 0 spiro atoms. The molecule has 0 radical (unpaired) electrons. The lowest BCUT2D eigenvalue weighted by Crippen LogP contribution is -2.40. The minimum Gasteiger partial charge on any atom is -0.481 e. The number of anilines is 2. The Hall–Kier alpha value is -3.17. The van der Waals surface area contributed by atoms with Gasteiger partial charge in [0.25, 0.3) is 0 Å². The maximum Gasteiger partial charge on any atom is 0.416 e. The predicted molar refractivity (Wildman–Crippen MR) is 105 cm³/mol. The molecular weight excluding hydrogens is 418 g/mol. The molecule has 0 bridgehead atoms. The van der Waals surface area contributed by atoms with Gasteiger partial charge in [-0.3, -0.25) is 14.6 Å². The zero-order chi connectivity index (χ0) is 22.8. The number of benzene rings is 1. The fourth-order valence-electron chi connectivity index (χ4n) is 3.96. The fourth-order valence-corrected chi connectivity index (χ4v) is 3.96. The lowest BCUT2D eigenvalue weighted by Gasteiger charge is -2.34. The molecule has 1 amide bonds. The van der Waals surface area contributed by atoms with Crippen LogP contribution < -0.4 is 10.6 Å². The highest BCUT2D eigenvalue weighted by atomic mass is 19.4. The molecule has 31 heavy (non-hydrogen) atoms. The quantitative estimate of drug-likeness (QED) is 0.597. The molecule has 1 heterocycles. The van der Waals surface area contributed by atoms with Crippen molar-refractivity contribution in [1.29, 1.82) is 0 Å². The number of hydrogen-bond donors (Lipinski definition) is 3. The van der Waals surface area contributed by atoms with Gasteiger partial charge in [-0.1, -0.05) is 6.42 Å². The first-order valence-corrected chi connectivity index (χ1v) is 9.66. The summed E-state index contributed by atoms with van der Waals surface area (Å²) in [5, 5.41) is 15.0. The number of carbonyl (C=O) groups excluding carboxylic acids is 1. The Morgan fingerprint density at radius 1 is 1.16 bits per heavy atom. The minimum atomic E-state index is -4.72. The third-order valence-corrected chi connectivity index (χ3v) is 5.53. The molecule has 0 unspecified atom stereocenters. The summed E-state index contributed by atoms with van der Waals surface area (Å²) in [4.78, 5) is 29.1. The first-order chi connectivity index (χ1) is 14.6. The summed E-state index contributed by atoms with van der Waals surface area (Å²) < 4.78 is 52.3. The van der Waals surface area contributed by atoms with E-state index >= 15 is 0 Å². The minimum absolute atomic E-state index is 0.260. The number of rotatable bonds is 5. The van der Waals surface area contributed by atoms with Gasteiger partial charge in [-0.05, 0) is 43.2 Å². The van der Waals surface area contributed by atoms with E-state index in [1.807, 2.05) is 0 Å². The van der Waals surface area contributed by atoms with Crippen LogP contribution in [0.25, 0.3) is 0 Å². The number of amides is 1. The largest absolute Gasteiger partial charge is 0.481 e. The van der Waals surface area contributed by atoms with Crippen LogP contribution in [0.4, 0.5) is 28.9 Å². The van der Waals surface area contributed by atoms with E-state index in [1.54, 1.807) is 25.4 Å². The second-order valence-corrected chi connectivity index (χ2v) is 7.41. The molecule has 10 heteroatoms. The molecule has 2 aromatic rings. The molecule has 0 saturated heterocycles. The van der Waals surface area contributed by atoms with Crippen LogP contribution in [0.3, 0.4) is 0 Å². The number of nitrogens with one attached hydrogen (secondary N) is 2. The fraction of sp³-hybridized carbons (Fsp3) is 0.381. The van der Waals surface area contributed by atoms with Crippen molar-refractivity contribution in [1.82, 2.24) is 4.98 Å². The number of carboxylic acid groups (broad SMARTS) is 1. The molecule has 166 valence electrons. The Bertz CT molecular complexity index is 963. The van der Waals surface area contributed by atoms with Crippen molar-refractivity contribution in [3.05, 3.63) is 53.6 Å². The summed E-state index contributed by atoms with van der Waals surface area (Å²) in [6, 6.07) is 5.22. The van der Waals surface area contributed by atoms with Crippen LogP contribution in [0, 0.1) is 17.7 Å². The first kappa shape index (κ1) is 22.5. The van der Waals surface area contributed by atoms with Crippen LogP contribution in [0.5, 0.6) is 0 Å². The highest BCUT2D eigenvalue weighted by molar-refractivity contribution is 5.95. The number of aliphatic carboxylic acids is 1. The molecule has 3 N–H and O–H groups in total. The van der Waals surface area contributed by atoms with E-state index in [1.165, 1.54) is 0 Å². The Kier molecular flexibility index (Phi) is 6.47. The van der Waals surface area contributed by atoms with Crippen molar-refractivity contribution in [3.8, 4) is 0 Å². The van der Waals surface area contributed by atoms with Crippen molar-refractivity contribution in [2.45, 2.75) is 31.4 Å². The summed E-state index contributed by atoms with van der Waals surface area (Å²) in [5.74, 6) is -5.78.